The lowest BCUT2D eigenvalue weighted by molar-refractivity contribution is -0.137. The first-order valence-corrected chi connectivity index (χ1v) is 7.50. The van der Waals surface area contributed by atoms with Gasteiger partial charge in [-0.25, -0.2) is 0 Å². The summed E-state index contributed by atoms with van der Waals surface area (Å²) in [5.41, 5.74) is 4.76. The molecule has 4 heteroatoms. The van der Waals surface area contributed by atoms with Gasteiger partial charge >= 0.3 is 6.18 Å². The van der Waals surface area contributed by atoms with Crippen LogP contribution >= 0.6 is 15.9 Å². The molecule has 0 aliphatic heterocycles. The summed E-state index contributed by atoms with van der Waals surface area (Å²) in [5.74, 6) is 0. The van der Waals surface area contributed by atoms with Crippen molar-refractivity contribution >= 4 is 15.9 Å². The van der Waals surface area contributed by atoms with Gasteiger partial charge in [0.05, 0.1) is 10.4 Å². The van der Waals surface area contributed by atoms with E-state index >= 15 is 0 Å². The van der Waals surface area contributed by atoms with E-state index in [0.29, 0.717) is 0 Å². The first-order valence-electron chi connectivity index (χ1n) is 6.59. The molecule has 0 fully saturated rings. The third-order valence-electron chi connectivity index (χ3n) is 3.52. The molecule has 112 valence electrons. The molecule has 1 unspecified atom stereocenters. The van der Waals surface area contributed by atoms with Crippen molar-refractivity contribution in [1.82, 2.24) is 0 Å². The number of hydrogen-bond donors (Lipinski definition) is 0. The molecule has 0 aliphatic rings. The van der Waals surface area contributed by atoms with E-state index in [4.69, 9.17) is 0 Å². The fourth-order valence-corrected chi connectivity index (χ4v) is 3.63. The smallest absolute Gasteiger partial charge is 0.166 e. The Labute approximate surface area is 131 Å². The van der Waals surface area contributed by atoms with Crippen LogP contribution in [0.2, 0.25) is 0 Å². The van der Waals surface area contributed by atoms with E-state index in [2.05, 4.69) is 28.1 Å². The highest BCUT2D eigenvalue weighted by atomic mass is 79.9. The molecule has 0 radical (unpaired) electrons. The van der Waals surface area contributed by atoms with E-state index in [9.17, 15) is 13.2 Å². The molecule has 2 aromatic rings. The van der Waals surface area contributed by atoms with Crippen molar-refractivity contribution in [3.63, 3.8) is 0 Å². The third kappa shape index (κ3) is 3.49. The van der Waals surface area contributed by atoms with Gasteiger partial charge in [-0.1, -0.05) is 45.8 Å². The first kappa shape index (κ1) is 16.1. The molecule has 2 aromatic carbocycles. The monoisotopic (exact) mass is 356 g/mol. The zero-order valence-electron chi connectivity index (χ0n) is 12.1. The van der Waals surface area contributed by atoms with Crippen LogP contribution in [-0.2, 0) is 6.18 Å². The molecule has 0 aromatic heterocycles. The molecule has 0 nitrogen and oxygen atoms in total. The standard InChI is InChI=1S/C17H16BrF3/c1-10-8-11(2)15(12(3)9-10)16(18)13-4-6-14(7-5-13)17(19,20)21/h4-9,16H,1-3H3. The molecule has 0 spiro atoms. The minimum atomic E-state index is -4.30. The Morgan fingerprint density at radius 3 is 1.81 bits per heavy atom. The zero-order valence-corrected chi connectivity index (χ0v) is 13.6. The van der Waals surface area contributed by atoms with Crippen molar-refractivity contribution in [3.05, 3.63) is 69.8 Å². The second-order valence-corrected chi connectivity index (χ2v) is 6.21. The average molecular weight is 357 g/mol. The maximum atomic E-state index is 12.6. The van der Waals surface area contributed by atoms with Gasteiger partial charge in [0.1, 0.15) is 0 Å². The predicted molar refractivity (Wildman–Crippen MR) is 82.9 cm³/mol. The summed E-state index contributed by atoms with van der Waals surface area (Å²) in [5, 5.41) is 0. The van der Waals surface area contributed by atoms with Gasteiger partial charge in [0.15, 0.2) is 0 Å². The summed E-state index contributed by atoms with van der Waals surface area (Å²) in [6.07, 6.45) is -4.30. The summed E-state index contributed by atoms with van der Waals surface area (Å²) in [6.45, 7) is 6.08. The Bertz CT molecular complexity index is 619. The largest absolute Gasteiger partial charge is 0.416 e. The normalized spacial score (nSPS) is 13.3. The summed E-state index contributed by atoms with van der Waals surface area (Å²) in [6, 6.07) is 9.48. The Morgan fingerprint density at radius 1 is 0.905 bits per heavy atom. The minimum absolute atomic E-state index is 0.111. The Hall–Kier alpha value is -1.29. The molecule has 0 heterocycles. The molecule has 0 bridgehead atoms. The molecule has 0 amide bonds. The highest BCUT2D eigenvalue weighted by molar-refractivity contribution is 9.09. The summed E-state index contributed by atoms with van der Waals surface area (Å²) < 4.78 is 37.8. The van der Waals surface area contributed by atoms with Crippen LogP contribution < -0.4 is 0 Å². The van der Waals surface area contributed by atoms with Gasteiger partial charge in [-0.05, 0) is 55.2 Å². The fourth-order valence-electron chi connectivity index (χ4n) is 2.60. The number of halogens is 4. The molecule has 0 aliphatic carbocycles. The van der Waals surface area contributed by atoms with Crippen molar-refractivity contribution in [2.24, 2.45) is 0 Å². The molecule has 0 saturated heterocycles. The lowest BCUT2D eigenvalue weighted by Crippen LogP contribution is -2.05. The van der Waals surface area contributed by atoms with Gasteiger partial charge < -0.3 is 0 Å². The van der Waals surface area contributed by atoms with Gasteiger partial charge in [0.25, 0.3) is 0 Å². The predicted octanol–water partition coefficient (Wildman–Crippen LogP) is 6.11. The third-order valence-corrected chi connectivity index (χ3v) is 4.51. The number of hydrogen-bond acceptors (Lipinski definition) is 0. The van der Waals surface area contributed by atoms with Gasteiger partial charge in [-0.3, -0.25) is 0 Å². The highest BCUT2D eigenvalue weighted by Crippen LogP contribution is 2.37. The van der Waals surface area contributed by atoms with E-state index in [-0.39, 0.29) is 4.83 Å². The average Bonchev–Trinajstić information content (AvgIpc) is 2.36. The van der Waals surface area contributed by atoms with Crippen LogP contribution in [0, 0.1) is 20.8 Å². The van der Waals surface area contributed by atoms with Crippen molar-refractivity contribution < 1.29 is 13.2 Å². The summed E-state index contributed by atoms with van der Waals surface area (Å²) in [4.78, 5) is -0.111. The van der Waals surface area contributed by atoms with Crippen molar-refractivity contribution in [2.45, 2.75) is 31.8 Å². The number of alkyl halides is 4. The molecular formula is C17H16BrF3. The quantitative estimate of drug-likeness (QED) is 0.569. The van der Waals surface area contributed by atoms with Gasteiger partial charge in [-0.15, -0.1) is 0 Å². The maximum absolute atomic E-state index is 12.6. The SMILES string of the molecule is Cc1cc(C)c(C(Br)c2ccc(C(F)(F)F)cc2)c(C)c1. The summed E-state index contributed by atoms with van der Waals surface area (Å²) >= 11 is 3.61. The van der Waals surface area contributed by atoms with Gasteiger partial charge in [0, 0.05) is 0 Å². The molecular weight excluding hydrogens is 341 g/mol. The second kappa shape index (κ2) is 5.84. The van der Waals surface area contributed by atoms with E-state index in [1.165, 1.54) is 17.7 Å². The van der Waals surface area contributed by atoms with Crippen LogP contribution in [0.15, 0.2) is 36.4 Å². The maximum Gasteiger partial charge on any atom is 0.416 e. The van der Waals surface area contributed by atoms with Crippen LogP contribution in [0.5, 0.6) is 0 Å². The Morgan fingerprint density at radius 2 is 1.38 bits per heavy atom. The minimum Gasteiger partial charge on any atom is -0.166 e. The Kier molecular flexibility index (Phi) is 4.47. The zero-order chi connectivity index (χ0) is 15.8. The van der Waals surface area contributed by atoms with E-state index in [1.807, 2.05) is 20.8 Å². The van der Waals surface area contributed by atoms with Crippen LogP contribution in [0.3, 0.4) is 0 Å². The lowest BCUT2D eigenvalue weighted by atomic mass is 9.94. The van der Waals surface area contributed by atoms with Crippen molar-refractivity contribution in [2.75, 3.05) is 0 Å². The highest BCUT2D eigenvalue weighted by Gasteiger charge is 2.30. The number of benzene rings is 2. The lowest BCUT2D eigenvalue weighted by Gasteiger charge is -2.18. The topological polar surface area (TPSA) is 0 Å². The van der Waals surface area contributed by atoms with Crippen LogP contribution in [0.4, 0.5) is 13.2 Å². The second-order valence-electron chi connectivity index (χ2n) is 5.29. The van der Waals surface area contributed by atoms with Crippen LogP contribution in [0.25, 0.3) is 0 Å². The molecule has 0 saturated carbocycles. The molecule has 2 rings (SSSR count). The molecule has 0 N–H and O–H groups in total. The van der Waals surface area contributed by atoms with E-state index in [1.54, 1.807) is 0 Å². The van der Waals surface area contributed by atoms with Crippen molar-refractivity contribution in [3.8, 4) is 0 Å². The van der Waals surface area contributed by atoms with Gasteiger partial charge in [0.2, 0.25) is 0 Å². The summed E-state index contributed by atoms with van der Waals surface area (Å²) in [7, 11) is 0. The number of rotatable bonds is 2. The number of aryl methyl sites for hydroxylation is 3. The van der Waals surface area contributed by atoms with Crippen LogP contribution in [-0.4, -0.2) is 0 Å². The van der Waals surface area contributed by atoms with Crippen molar-refractivity contribution in [1.29, 1.82) is 0 Å². The molecule has 1 atom stereocenters. The van der Waals surface area contributed by atoms with E-state index in [0.717, 1.165) is 34.4 Å². The van der Waals surface area contributed by atoms with Crippen LogP contribution in [0.1, 0.15) is 38.2 Å². The molecule has 21 heavy (non-hydrogen) atoms. The Balaban J connectivity index is 2.39. The van der Waals surface area contributed by atoms with E-state index < -0.39 is 11.7 Å². The fraction of sp³-hybridized carbons (Fsp3) is 0.294. The van der Waals surface area contributed by atoms with Gasteiger partial charge in [-0.2, -0.15) is 13.2 Å². The first-order chi connectivity index (χ1) is 9.70.